The monoisotopic (exact) mass is 586 g/mol. The third-order valence-electron chi connectivity index (χ3n) is 9.37. The summed E-state index contributed by atoms with van der Waals surface area (Å²) in [4.78, 5) is 0. The second-order valence-electron chi connectivity index (χ2n) is 13.2. The minimum absolute atomic E-state index is 0.518. The van der Waals surface area contributed by atoms with Crippen molar-refractivity contribution in [3.8, 4) is 0 Å². The van der Waals surface area contributed by atoms with Crippen molar-refractivity contribution in [1.29, 1.82) is 0 Å². The molecule has 0 aliphatic rings. The third kappa shape index (κ3) is 13.9. The number of unbranched alkanes of at least 4 members (excludes halogenated alkanes) is 16. The summed E-state index contributed by atoms with van der Waals surface area (Å²) in [6, 6.07) is 22.2. The van der Waals surface area contributed by atoms with Gasteiger partial charge < -0.3 is 0 Å². The highest BCUT2D eigenvalue weighted by Crippen LogP contribution is 2.21. The van der Waals surface area contributed by atoms with Gasteiger partial charge in [0.1, 0.15) is 11.9 Å². The van der Waals surface area contributed by atoms with E-state index in [9.17, 15) is 0 Å². The second-order valence-corrected chi connectivity index (χ2v) is 13.2. The Hall–Kier alpha value is -2.35. The van der Waals surface area contributed by atoms with Crippen molar-refractivity contribution >= 4 is 0 Å². The van der Waals surface area contributed by atoms with E-state index in [4.69, 9.17) is 0 Å². The molecule has 3 rings (SSSR count). The van der Waals surface area contributed by atoms with Gasteiger partial charge in [-0.15, -0.1) is 0 Å². The van der Waals surface area contributed by atoms with Crippen LogP contribution in [0.3, 0.4) is 0 Å². The maximum absolute atomic E-state index is 2.72. The molecule has 0 aliphatic heterocycles. The molecule has 1 heterocycles. The zero-order valence-electron chi connectivity index (χ0n) is 28.4. The first-order valence-corrected chi connectivity index (χ1v) is 18.4. The first kappa shape index (κ1) is 35.1. The van der Waals surface area contributed by atoms with Crippen molar-refractivity contribution in [2.24, 2.45) is 0 Å². The zero-order valence-corrected chi connectivity index (χ0v) is 28.4. The molecule has 0 saturated heterocycles. The van der Waals surface area contributed by atoms with Gasteiger partial charge >= 0.3 is 0 Å². The molecular weight excluding hydrogens is 520 g/mol. The standard InChI is InChI=1S/C41H65N2/c1-4-6-8-9-10-11-12-13-14-15-16-17-18-19-27-33-43-40(34-37(3)39-30-24-21-25-31-39)36-42(32-26-7-5-2)41(43)35-38-28-22-20-23-29-38/h20-25,28-31,36-37H,4-19,26-27,32-35H2,1-3H3/q+1. The Morgan fingerprint density at radius 3 is 1.63 bits per heavy atom. The molecule has 43 heavy (non-hydrogen) atoms. The summed E-state index contributed by atoms with van der Waals surface area (Å²) >= 11 is 0. The van der Waals surface area contributed by atoms with Crippen LogP contribution >= 0.6 is 0 Å². The summed E-state index contributed by atoms with van der Waals surface area (Å²) in [5.74, 6) is 2.02. The molecule has 0 bridgehead atoms. The summed E-state index contributed by atoms with van der Waals surface area (Å²) in [5, 5.41) is 0. The number of benzene rings is 2. The van der Waals surface area contributed by atoms with Crippen LogP contribution in [0, 0.1) is 0 Å². The lowest BCUT2D eigenvalue weighted by Gasteiger charge is -2.12. The number of aryl methyl sites for hydroxylation is 1. The predicted octanol–water partition coefficient (Wildman–Crippen LogP) is 11.8. The smallest absolute Gasteiger partial charge is 0.234 e. The Kier molecular flexibility index (Phi) is 18.1. The van der Waals surface area contributed by atoms with E-state index in [1.807, 2.05) is 0 Å². The molecule has 3 aromatic rings. The molecule has 0 fully saturated rings. The van der Waals surface area contributed by atoms with Crippen molar-refractivity contribution in [1.82, 2.24) is 4.57 Å². The van der Waals surface area contributed by atoms with Crippen molar-refractivity contribution in [2.75, 3.05) is 0 Å². The first-order valence-electron chi connectivity index (χ1n) is 18.4. The van der Waals surface area contributed by atoms with Crippen LogP contribution in [-0.4, -0.2) is 4.57 Å². The van der Waals surface area contributed by atoms with Gasteiger partial charge in [-0.2, -0.15) is 0 Å². The summed E-state index contributed by atoms with van der Waals surface area (Å²) in [5.41, 5.74) is 4.39. The number of nitrogens with zero attached hydrogens (tertiary/aromatic N) is 2. The van der Waals surface area contributed by atoms with E-state index < -0.39 is 0 Å². The molecule has 0 N–H and O–H groups in total. The van der Waals surface area contributed by atoms with Crippen LogP contribution in [0.15, 0.2) is 66.9 Å². The fourth-order valence-electron chi connectivity index (χ4n) is 6.64. The van der Waals surface area contributed by atoms with Crippen molar-refractivity contribution in [3.63, 3.8) is 0 Å². The SMILES string of the molecule is CCCCCCCCCCCCCCCCC[n+]1c(CC(C)c2ccccc2)cn(CCCCC)c1Cc1ccccc1. The Morgan fingerprint density at radius 2 is 1.07 bits per heavy atom. The molecule has 1 aromatic heterocycles. The van der Waals surface area contributed by atoms with Gasteiger partial charge in [-0.05, 0) is 42.7 Å². The molecule has 238 valence electrons. The van der Waals surface area contributed by atoms with Gasteiger partial charge in [0.05, 0.1) is 19.5 Å². The van der Waals surface area contributed by atoms with E-state index in [0.717, 1.165) is 25.9 Å². The highest BCUT2D eigenvalue weighted by atomic mass is 15.2. The molecule has 0 spiro atoms. The molecule has 2 aromatic carbocycles. The molecule has 0 amide bonds. The maximum atomic E-state index is 2.72. The highest BCUT2D eigenvalue weighted by molar-refractivity contribution is 5.21. The number of aromatic nitrogens is 2. The highest BCUT2D eigenvalue weighted by Gasteiger charge is 2.25. The molecule has 1 unspecified atom stereocenters. The minimum atomic E-state index is 0.518. The summed E-state index contributed by atoms with van der Waals surface area (Å²) in [7, 11) is 0. The Labute approximate surface area is 266 Å². The maximum Gasteiger partial charge on any atom is 0.261 e. The van der Waals surface area contributed by atoms with Crippen molar-refractivity contribution in [2.45, 2.75) is 168 Å². The van der Waals surface area contributed by atoms with Gasteiger partial charge in [-0.3, -0.25) is 0 Å². The van der Waals surface area contributed by atoms with Gasteiger partial charge in [0.15, 0.2) is 0 Å². The van der Waals surface area contributed by atoms with E-state index in [2.05, 4.69) is 96.8 Å². The first-order chi connectivity index (χ1) is 21.2. The lowest BCUT2D eigenvalue weighted by molar-refractivity contribution is -0.710. The van der Waals surface area contributed by atoms with Crippen molar-refractivity contribution in [3.05, 3.63) is 89.5 Å². The average Bonchev–Trinajstić information content (AvgIpc) is 3.34. The van der Waals surface area contributed by atoms with Crippen LogP contribution in [-0.2, 0) is 25.9 Å². The zero-order chi connectivity index (χ0) is 30.4. The predicted molar refractivity (Wildman–Crippen MR) is 187 cm³/mol. The van der Waals surface area contributed by atoms with Crippen LogP contribution < -0.4 is 4.57 Å². The molecule has 2 nitrogen and oxygen atoms in total. The van der Waals surface area contributed by atoms with Crippen molar-refractivity contribution < 1.29 is 4.57 Å². The Bertz CT molecular complexity index is 1070. The summed E-state index contributed by atoms with van der Waals surface area (Å²) in [6.45, 7) is 9.30. The van der Waals surface area contributed by atoms with Gasteiger partial charge in [-0.25, -0.2) is 9.13 Å². The lowest BCUT2D eigenvalue weighted by Crippen LogP contribution is -2.41. The van der Waals surface area contributed by atoms with Gasteiger partial charge in [0.25, 0.3) is 5.82 Å². The normalized spacial score (nSPS) is 12.2. The number of rotatable bonds is 25. The topological polar surface area (TPSA) is 8.81 Å². The third-order valence-corrected chi connectivity index (χ3v) is 9.37. The fraction of sp³-hybridized carbons (Fsp3) is 0.634. The molecule has 1 atom stereocenters. The second kappa shape index (κ2) is 22.2. The van der Waals surface area contributed by atoms with E-state index in [1.165, 1.54) is 138 Å². The van der Waals surface area contributed by atoms with Crippen LogP contribution in [0.2, 0.25) is 0 Å². The van der Waals surface area contributed by atoms with Crippen LogP contribution in [0.4, 0.5) is 0 Å². The molecule has 0 saturated carbocycles. The number of imidazole rings is 1. The largest absolute Gasteiger partial charge is 0.261 e. The number of hydrogen-bond donors (Lipinski definition) is 0. The Morgan fingerprint density at radius 1 is 0.581 bits per heavy atom. The molecule has 0 aliphatic carbocycles. The molecular formula is C41H65N2+. The lowest BCUT2D eigenvalue weighted by atomic mass is 9.96. The quantitative estimate of drug-likeness (QED) is 0.0690. The van der Waals surface area contributed by atoms with E-state index >= 15 is 0 Å². The van der Waals surface area contributed by atoms with Gasteiger partial charge in [0.2, 0.25) is 0 Å². The summed E-state index contributed by atoms with van der Waals surface area (Å²) in [6.07, 6.45) is 29.7. The van der Waals surface area contributed by atoms with Gasteiger partial charge in [0, 0.05) is 6.42 Å². The molecule has 2 heteroatoms. The summed E-state index contributed by atoms with van der Waals surface area (Å²) < 4.78 is 5.33. The van der Waals surface area contributed by atoms with Gasteiger partial charge in [-0.1, -0.05) is 171 Å². The Balaban J connectivity index is 1.53. The van der Waals surface area contributed by atoms with Crippen LogP contribution in [0.1, 0.15) is 165 Å². The van der Waals surface area contributed by atoms with E-state index in [-0.39, 0.29) is 0 Å². The number of hydrogen-bond acceptors (Lipinski definition) is 0. The van der Waals surface area contributed by atoms with E-state index in [1.54, 1.807) is 0 Å². The minimum Gasteiger partial charge on any atom is -0.234 e. The van der Waals surface area contributed by atoms with Crippen LogP contribution in [0.5, 0.6) is 0 Å². The van der Waals surface area contributed by atoms with Crippen LogP contribution in [0.25, 0.3) is 0 Å². The average molecular weight is 586 g/mol. The molecule has 0 radical (unpaired) electrons. The fourth-order valence-corrected chi connectivity index (χ4v) is 6.64. The van der Waals surface area contributed by atoms with E-state index in [0.29, 0.717) is 5.92 Å².